The fourth-order valence-electron chi connectivity index (χ4n) is 4.08. The Morgan fingerprint density at radius 2 is 2.10 bits per heavy atom. The van der Waals surface area contributed by atoms with Crippen LogP contribution in [0.4, 0.5) is 11.6 Å². The van der Waals surface area contributed by atoms with Crippen molar-refractivity contribution < 1.29 is 9.29 Å². The first-order chi connectivity index (χ1) is 14.3. The average molecular weight is 469 g/mol. The molecule has 2 saturated heterocycles. The summed E-state index contributed by atoms with van der Waals surface area (Å²) in [6.07, 6.45) is 6.80. The van der Waals surface area contributed by atoms with Crippen LogP contribution in [-0.4, -0.2) is 57.6 Å². The molecule has 11 heteroatoms. The molecule has 2 fully saturated rings. The van der Waals surface area contributed by atoms with E-state index in [2.05, 4.69) is 19.9 Å². The molecule has 1 spiro atoms. The van der Waals surface area contributed by atoms with Gasteiger partial charge in [-0.3, -0.25) is 0 Å². The summed E-state index contributed by atoms with van der Waals surface area (Å²) < 4.78 is 18.3. The van der Waals surface area contributed by atoms with Crippen LogP contribution < -0.4 is 16.4 Å². The molecule has 0 saturated carbocycles. The first-order valence-electron chi connectivity index (χ1n) is 9.71. The molecule has 4 heterocycles. The molecule has 30 heavy (non-hydrogen) atoms. The topological polar surface area (TPSA) is 126 Å². The zero-order chi connectivity index (χ0) is 21.5. The van der Waals surface area contributed by atoms with Gasteiger partial charge in [0.15, 0.2) is 0 Å². The molecule has 0 aliphatic carbocycles. The highest BCUT2D eigenvalue weighted by molar-refractivity contribution is 7.99. The average Bonchev–Trinajstić information content (AvgIpc) is 3.01. The number of hydrogen-bond donors (Lipinski definition) is 2. The molecule has 4 rings (SSSR count). The standard InChI is InChI=1S/C19H25ClN6O2S2/c1-11-15(21)19(10-28-11)4-7-26(8-5-19)17-18(30(2)27)25-13(9-24-17)29-12-3-6-23-16(22)14(12)20/h3,6,9,11,15H,4-5,7-8,10,21H2,1-2H3,(H2,22,23)/t11-,15+,30?/m0/s1. The van der Waals surface area contributed by atoms with E-state index < -0.39 is 11.2 Å². The zero-order valence-electron chi connectivity index (χ0n) is 16.9. The Labute approximate surface area is 188 Å². The van der Waals surface area contributed by atoms with E-state index in [0.717, 1.165) is 30.8 Å². The van der Waals surface area contributed by atoms with Gasteiger partial charge in [-0.2, -0.15) is 4.98 Å². The second-order valence-electron chi connectivity index (χ2n) is 7.79. The summed E-state index contributed by atoms with van der Waals surface area (Å²) in [5, 5.41) is 1.44. The number of aromatic nitrogens is 3. The van der Waals surface area contributed by atoms with Crippen molar-refractivity contribution >= 4 is 46.2 Å². The van der Waals surface area contributed by atoms with Crippen molar-refractivity contribution in [3.05, 3.63) is 23.5 Å². The van der Waals surface area contributed by atoms with E-state index in [1.165, 1.54) is 11.8 Å². The van der Waals surface area contributed by atoms with Crippen LogP contribution in [-0.2, 0) is 15.9 Å². The third-order valence-corrected chi connectivity index (χ3v) is 8.27. The third-order valence-electron chi connectivity index (χ3n) is 5.97. The number of rotatable bonds is 4. The highest BCUT2D eigenvalue weighted by Crippen LogP contribution is 2.42. The maximum absolute atomic E-state index is 12.5. The number of nitrogens with two attached hydrogens (primary N) is 2. The van der Waals surface area contributed by atoms with E-state index in [-0.39, 0.29) is 23.4 Å². The monoisotopic (exact) mass is 468 g/mol. The van der Waals surface area contributed by atoms with E-state index >= 15 is 0 Å². The number of halogens is 1. The van der Waals surface area contributed by atoms with E-state index in [4.69, 9.17) is 27.8 Å². The molecule has 2 aliphatic rings. The molecule has 2 aromatic rings. The minimum absolute atomic E-state index is 0.0166. The predicted octanol–water partition coefficient (Wildman–Crippen LogP) is 2.33. The van der Waals surface area contributed by atoms with Gasteiger partial charge >= 0.3 is 0 Å². The largest absolute Gasteiger partial charge is 0.610 e. The molecule has 0 radical (unpaired) electrons. The number of anilines is 2. The third kappa shape index (κ3) is 4.09. The van der Waals surface area contributed by atoms with Gasteiger partial charge in [-0.25, -0.2) is 9.97 Å². The lowest BCUT2D eigenvalue weighted by Crippen LogP contribution is -2.51. The fourth-order valence-corrected chi connectivity index (χ4v) is 5.82. The van der Waals surface area contributed by atoms with Crippen LogP contribution in [0.15, 0.2) is 33.4 Å². The Hall–Kier alpha value is -1.30. The molecular weight excluding hydrogens is 444 g/mol. The summed E-state index contributed by atoms with van der Waals surface area (Å²) in [5.41, 5.74) is 12.2. The quantitative estimate of drug-likeness (QED) is 0.649. The highest BCUT2D eigenvalue weighted by atomic mass is 35.5. The molecule has 1 unspecified atom stereocenters. The summed E-state index contributed by atoms with van der Waals surface area (Å²) in [6, 6.07) is 1.81. The summed E-state index contributed by atoms with van der Waals surface area (Å²) in [4.78, 5) is 16.1. The maximum atomic E-state index is 12.5. The van der Waals surface area contributed by atoms with E-state index in [9.17, 15) is 4.55 Å². The smallest absolute Gasteiger partial charge is 0.288 e. The molecular formula is C19H25ClN6O2S2. The van der Waals surface area contributed by atoms with E-state index in [0.29, 0.717) is 27.5 Å². The lowest BCUT2D eigenvalue weighted by molar-refractivity contribution is 0.0973. The molecule has 0 bridgehead atoms. The van der Waals surface area contributed by atoms with Crippen molar-refractivity contribution in [3.8, 4) is 0 Å². The second-order valence-corrected chi connectivity index (χ2v) is 10.5. The Morgan fingerprint density at radius 3 is 2.73 bits per heavy atom. The van der Waals surface area contributed by atoms with Crippen molar-refractivity contribution in [2.45, 2.75) is 46.9 Å². The first kappa shape index (κ1) is 21.9. The van der Waals surface area contributed by atoms with Crippen molar-refractivity contribution in [2.75, 3.05) is 36.6 Å². The van der Waals surface area contributed by atoms with Gasteiger partial charge in [-0.1, -0.05) is 23.4 Å². The van der Waals surface area contributed by atoms with Gasteiger partial charge in [-0.05, 0) is 25.8 Å². The van der Waals surface area contributed by atoms with Gasteiger partial charge in [0.25, 0.3) is 5.03 Å². The van der Waals surface area contributed by atoms with Crippen LogP contribution >= 0.6 is 23.4 Å². The van der Waals surface area contributed by atoms with E-state index in [1.807, 2.05) is 6.92 Å². The summed E-state index contributed by atoms with van der Waals surface area (Å²) >= 11 is 6.26. The molecule has 2 aliphatic heterocycles. The van der Waals surface area contributed by atoms with Gasteiger partial charge in [-0.15, -0.1) is 0 Å². The summed E-state index contributed by atoms with van der Waals surface area (Å²) in [6.45, 7) is 4.30. The van der Waals surface area contributed by atoms with Crippen LogP contribution in [0.25, 0.3) is 0 Å². The molecule has 3 atom stereocenters. The van der Waals surface area contributed by atoms with Crippen molar-refractivity contribution in [1.29, 1.82) is 0 Å². The number of piperidine rings is 1. The Balaban J connectivity index is 1.54. The molecule has 2 aromatic heterocycles. The Morgan fingerprint density at radius 1 is 1.37 bits per heavy atom. The van der Waals surface area contributed by atoms with Crippen molar-refractivity contribution in [1.82, 2.24) is 15.0 Å². The molecule has 162 valence electrons. The van der Waals surface area contributed by atoms with Gasteiger partial charge < -0.3 is 25.7 Å². The lowest BCUT2D eigenvalue weighted by atomic mass is 9.73. The number of pyridine rings is 1. The van der Waals surface area contributed by atoms with Crippen molar-refractivity contribution in [2.24, 2.45) is 11.1 Å². The molecule has 4 N–H and O–H groups in total. The number of nitrogen functional groups attached to an aromatic ring is 1. The Bertz CT molecular complexity index is 926. The predicted molar refractivity (Wildman–Crippen MR) is 119 cm³/mol. The van der Waals surface area contributed by atoms with Crippen LogP contribution in [0.2, 0.25) is 5.02 Å². The zero-order valence-corrected chi connectivity index (χ0v) is 19.3. The van der Waals surface area contributed by atoms with Gasteiger partial charge in [0, 0.05) is 46.8 Å². The minimum atomic E-state index is -1.29. The van der Waals surface area contributed by atoms with Gasteiger partial charge in [0.05, 0.1) is 23.9 Å². The lowest BCUT2D eigenvalue weighted by Gasteiger charge is -2.41. The highest BCUT2D eigenvalue weighted by Gasteiger charge is 2.48. The van der Waals surface area contributed by atoms with Gasteiger partial charge in [0.1, 0.15) is 17.1 Å². The van der Waals surface area contributed by atoms with Gasteiger partial charge in [0.2, 0.25) is 5.82 Å². The molecule has 0 aromatic carbocycles. The molecule has 0 amide bonds. The normalized spacial score (nSPS) is 24.4. The van der Waals surface area contributed by atoms with Crippen LogP contribution in [0.3, 0.4) is 0 Å². The Kier molecular flexibility index (Phi) is 6.34. The van der Waals surface area contributed by atoms with Crippen molar-refractivity contribution in [3.63, 3.8) is 0 Å². The fraction of sp³-hybridized carbons (Fsp3) is 0.526. The minimum Gasteiger partial charge on any atom is -0.610 e. The summed E-state index contributed by atoms with van der Waals surface area (Å²) in [7, 11) is 0. The number of ether oxygens (including phenoxy) is 1. The number of nitrogens with zero attached hydrogens (tertiary/aromatic N) is 4. The number of hydrogen-bond acceptors (Lipinski definition) is 9. The first-order valence-corrected chi connectivity index (χ1v) is 12.5. The van der Waals surface area contributed by atoms with Crippen LogP contribution in [0.5, 0.6) is 0 Å². The van der Waals surface area contributed by atoms with E-state index in [1.54, 1.807) is 24.7 Å². The SMILES string of the molecule is C[C@@H]1OCC2(CCN(c3ncc(Sc4ccnc(N)c4Cl)nc3[S+](C)[O-])CC2)[C@@H]1N. The maximum Gasteiger partial charge on any atom is 0.288 e. The molecule has 8 nitrogen and oxygen atoms in total. The second kappa shape index (κ2) is 8.68. The summed E-state index contributed by atoms with van der Waals surface area (Å²) in [5.74, 6) is 0.923. The van der Waals surface area contributed by atoms with Crippen LogP contribution in [0.1, 0.15) is 19.8 Å². The van der Waals surface area contributed by atoms with Crippen LogP contribution in [0, 0.1) is 5.41 Å².